The van der Waals surface area contributed by atoms with E-state index in [1.54, 1.807) is 0 Å². The summed E-state index contributed by atoms with van der Waals surface area (Å²) in [6.45, 7) is 11.1. The molecule has 1 amide bonds. The number of hydrogen-bond donors (Lipinski definition) is 2. The van der Waals surface area contributed by atoms with Crippen molar-refractivity contribution in [3.63, 3.8) is 0 Å². The molecule has 1 atom stereocenters. The molecule has 0 heterocycles. The van der Waals surface area contributed by atoms with Gasteiger partial charge in [-0.1, -0.05) is 20.8 Å². The van der Waals surface area contributed by atoms with Gasteiger partial charge in [0.2, 0.25) is 5.91 Å². The summed E-state index contributed by atoms with van der Waals surface area (Å²) in [5.74, 6) is 0.544. The topological polar surface area (TPSA) is 50.4 Å². The van der Waals surface area contributed by atoms with E-state index in [9.17, 15) is 4.79 Å². The van der Waals surface area contributed by atoms with E-state index < -0.39 is 0 Å². The van der Waals surface area contributed by atoms with Crippen molar-refractivity contribution in [3.05, 3.63) is 0 Å². The van der Waals surface area contributed by atoms with Crippen molar-refractivity contribution < 1.29 is 9.53 Å². The van der Waals surface area contributed by atoms with E-state index >= 15 is 0 Å². The van der Waals surface area contributed by atoms with Gasteiger partial charge in [0.1, 0.15) is 0 Å². The van der Waals surface area contributed by atoms with Crippen LogP contribution in [0.15, 0.2) is 0 Å². The third-order valence-electron chi connectivity index (χ3n) is 2.66. The first-order valence-electron chi connectivity index (χ1n) is 6.65. The molecule has 1 unspecified atom stereocenters. The van der Waals surface area contributed by atoms with Crippen LogP contribution in [0.25, 0.3) is 0 Å². The minimum absolute atomic E-state index is 0.0701. The van der Waals surface area contributed by atoms with Crippen LogP contribution in [0.2, 0.25) is 0 Å². The predicted molar refractivity (Wildman–Crippen MR) is 71.0 cm³/mol. The first-order chi connectivity index (χ1) is 8.07. The molecule has 0 aromatic heterocycles. The summed E-state index contributed by atoms with van der Waals surface area (Å²) in [7, 11) is 0. The first-order valence-corrected chi connectivity index (χ1v) is 6.65. The Bertz CT molecular complexity index is 196. The molecule has 4 heteroatoms. The van der Waals surface area contributed by atoms with Crippen molar-refractivity contribution in [2.45, 2.75) is 46.6 Å². The molecule has 0 rings (SSSR count). The molecule has 0 fully saturated rings. The highest BCUT2D eigenvalue weighted by Gasteiger charge is 2.09. The fourth-order valence-corrected chi connectivity index (χ4v) is 1.22. The number of nitrogens with one attached hydrogen (secondary N) is 2. The standard InChI is InChI=1S/C13H28N2O2/c1-5-8-17-9-6-7-14-10-13(16)15-12(4)11(2)3/h11-12,14H,5-10H2,1-4H3,(H,15,16). The maximum atomic E-state index is 11.5. The summed E-state index contributed by atoms with van der Waals surface area (Å²) in [6.07, 6.45) is 2.01. The zero-order chi connectivity index (χ0) is 13.1. The summed E-state index contributed by atoms with van der Waals surface area (Å²) >= 11 is 0. The van der Waals surface area contributed by atoms with Gasteiger partial charge in [-0.2, -0.15) is 0 Å². The number of carbonyl (C=O) groups is 1. The minimum Gasteiger partial charge on any atom is -0.381 e. The van der Waals surface area contributed by atoms with E-state index in [4.69, 9.17) is 4.74 Å². The summed E-state index contributed by atoms with van der Waals surface area (Å²) in [5.41, 5.74) is 0. The van der Waals surface area contributed by atoms with Crippen molar-refractivity contribution in [1.82, 2.24) is 10.6 Å². The zero-order valence-electron chi connectivity index (χ0n) is 11.7. The zero-order valence-corrected chi connectivity index (χ0v) is 11.7. The minimum atomic E-state index is 0.0701. The molecule has 102 valence electrons. The fourth-order valence-electron chi connectivity index (χ4n) is 1.22. The highest BCUT2D eigenvalue weighted by molar-refractivity contribution is 5.78. The van der Waals surface area contributed by atoms with Gasteiger partial charge in [-0.05, 0) is 32.2 Å². The third kappa shape index (κ3) is 10.3. The van der Waals surface area contributed by atoms with E-state index in [-0.39, 0.29) is 11.9 Å². The summed E-state index contributed by atoms with van der Waals surface area (Å²) in [4.78, 5) is 11.5. The van der Waals surface area contributed by atoms with Gasteiger partial charge in [0.05, 0.1) is 6.54 Å². The Kier molecular flexibility index (Phi) is 10.2. The van der Waals surface area contributed by atoms with E-state index in [2.05, 4.69) is 31.4 Å². The van der Waals surface area contributed by atoms with Crippen LogP contribution in [-0.4, -0.2) is 38.3 Å². The number of hydrogen-bond acceptors (Lipinski definition) is 3. The number of carbonyl (C=O) groups excluding carboxylic acids is 1. The number of ether oxygens (including phenoxy) is 1. The van der Waals surface area contributed by atoms with Gasteiger partial charge in [0.25, 0.3) is 0 Å². The second-order valence-electron chi connectivity index (χ2n) is 4.74. The molecule has 0 aliphatic rings. The van der Waals surface area contributed by atoms with Crippen LogP contribution in [0.3, 0.4) is 0 Å². The maximum Gasteiger partial charge on any atom is 0.234 e. The number of amides is 1. The van der Waals surface area contributed by atoms with Gasteiger partial charge in [0, 0.05) is 19.3 Å². The Labute approximate surface area is 105 Å². The van der Waals surface area contributed by atoms with Crippen LogP contribution in [-0.2, 0) is 9.53 Å². The van der Waals surface area contributed by atoms with Crippen LogP contribution >= 0.6 is 0 Å². The largest absolute Gasteiger partial charge is 0.381 e. The molecular weight excluding hydrogens is 216 g/mol. The molecule has 0 bridgehead atoms. The van der Waals surface area contributed by atoms with Crippen LogP contribution < -0.4 is 10.6 Å². The summed E-state index contributed by atoms with van der Waals surface area (Å²) in [5, 5.41) is 6.07. The van der Waals surface area contributed by atoms with Crippen LogP contribution in [0, 0.1) is 5.92 Å². The van der Waals surface area contributed by atoms with Gasteiger partial charge in [-0.15, -0.1) is 0 Å². The van der Waals surface area contributed by atoms with Crippen molar-refractivity contribution in [1.29, 1.82) is 0 Å². The molecule has 17 heavy (non-hydrogen) atoms. The van der Waals surface area contributed by atoms with Crippen molar-refractivity contribution in [2.75, 3.05) is 26.3 Å². The molecule has 0 aliphatic carbocycles. The third-order valence-corrected chi connectivity index (χ3v) is 2.66. The van der Waals surface area contributed by atoms with Gasteiger partial charge in [-0.25, -0.2) is 0 Å². The van der Waals surface area contributed by atoms with E-state index in [1.807, 2.05) is 6.92 Å². The normalized spacial score (nSPS) is 12.8. The Balaban J connectivity index is 3.33. The lowest BCUT2D eigenvalue weighted by molar-refractivity contribution is -0.121. The average molecular weight is 244 g/mol. The molecule has 0 aromatic carbocycles. The second kappa shape index (κ2) is 10.5. The monoisotopic (exact) mass is 244 g/mol. The van der Waals surface area contributed by atoms with Gasteiger partial charge in [0.15, 0.2) is 0 Å². The Morgan fingerprint density at radius 1 is 1.24 bits per heavy atom. The molecule has 0 aliphatic heterocycles. The van der Waals surface area contributed by atoms with Crippen molar-refractivity contribution in [3.8, 4) is 0 Å². The summed E-state index contributed by atoms with van der Waals surface area (Å²) < 4.78 is 5.35. The highest BCUT2D eigenvalue weighted by atomic mass is 16.5. The van der Waals surface area contributed by atoms with E-state index in [0.717, 1.165) is 32.6 Å². The second-order valence-corrected chi connectivity index (χ2v) is 4.74. The Morgan fingerprint density at radius 3 is 2.53 bits per heavy atom. The average Bonchev–Trinajstić information content (AvgIpc) is 2.27. The summed E-state index contributed by atoms with van der Waals surface area (Å²) in [6, 6.07) is 0.234. The highest BCUT2D eigenvalue weighted by Crippen LogP contribution is 1.98. The van der Waals surface area contributed by atoms with Crippen molar-refractivity contribution >= 4 is 5.91 Å². The molecule has 0 saturated carbocycles. The lowest BCUT2D eigenvalue weighted by Gasteiger charge is -2.17. The maximum absolute atomic E-state index is 11.5. The molecule has 4 nitrogen and oxygen atoms in total. The molecule has 0 aromatic rings. The Morgan fingerprint density at radius 2 is 1.94 bits per heavy atom. The first kappa shape index (κ1) is 16.4. The lowest BCUT2D eigenvalue weighted by atomic mass is 10.1. The van der Waals surface area contributed by atoms with E-state index in [0.29, 0.717) is 12.5 Å². The smallest absolute Gasteiger partial charge is 0.234 e. The molecule has 2 N–H and O–H groups in total. The van der Waals surface area contributed by atoms with Crippen molar-refractivity contribution in [2.24, 2.45) is 5.92 Å². The lowest BCUT2D eigenvalue weighted by Crippen LogP contribution is -2.41. The quantitative estimate of drug-likeness (QED) is 0.573. The van der Waals surface area contributed by atoms with Gasteiger partial charge in [-0.3, -0.25) is 4.79 Å². The molecule has 0 saturated heterocycles. The van der Waals surface area contributed by atoms with E-state index in [1.165, 1.54) is 0 Å². The predicted octanol–water partition coefficient (Wildman–Crippen LogP) is 1.55. The van der Waals surface area contributed by atoms with Gasteiger partial charge >= 0.3 is 0 Å². The fraction of sp³-hybridized carbons (Fsp3) is 0.923. The SMILES string of the molecule is CCCOCCCNCC(=O)NC(C)C(C)C. The Hall–Kier alpha value is -0.610. The van der Waals surface area contributed by atoms with Gasteiger partial charge < -0.3 is 15.4 Å². The van der Waals surface area contributed by atoms with Crippen LogP contribution in [0.1, 0.15) is 40.5 Å². The molecule has 0 spiro atoms. The van der Waals surface area contributed by atoms with Crippen LogP contribution in [0.4, 0.5) is 0 Å². The number of rotatable bonds is 10. The molecular formula is C13H28N2O2. The molecule has 0 radical (unpaired) electrons. The van der Waals surface area contributed by atoms with Crippen LogP contribution in [0.5, 0.6) is 0 Å².